The van der Waals surface area contributed by atoms with Gasteiger partial charge in [-0.1, -0.05) is 46.1 Å². The summed E-state index contributed by atoms with van der Waals surface area (Å²) in [4.78, 5) is 10.7. The summed E-state index contributed by atoms with van der Waals surface area (Å²) in [6, 6.07) is 0. The van der Waals surface area contributed by atoms with E-state index >= 15 is 0 Å². The lowest BCUT2D eigenvalue weighted by atomic mass is 9.98. The number of hydrogen-bond donors (Lipinski definition) is 0. The van der Waals surface area contributed by atoms with Gasteiger partial charge < -0.3 is 4.74 Å². The molecule has 0 aliphatic rings. The summed E-state index contributed by atoms with van der Waals surface area (Å²) < 4.78 is 4.90. The highest BCUT2D eigenvalue weighted by Gasteiger charge is 2.01. The minimum Gasteiger partial charge on any atom is -0.463 e. The average molecular weight is 212 g/mol. The Hall–Kier alpha value is -0.790. The van der Waals surface area contributed by atoms with Gasteiger partial charge in [-0.05, 0) is 18.8 Å². The van der Waals surface area contributed by atoms with Crippen molar-refractivity contribution >= 4 is 5.97 Å². The average Bonchev–Trinajstić information content (AvgIpc) is 2.25. The van der Waals surface area contributed by atoms with Crippen molar-refractivity contribution in [3.05, 3.63) is 12.7 Å². The number of esters is 1. The molecular formula is C13H24O2. The summed E-state index contributed by atoms with van der Waals surface area (Å²) in [5, 5.41) is 0. The van der Waals surface area contributed by atoms with E-state index in [4.69, 9.17) is 4.74 Å². The molecule has 0 aliphatic carbocycles. The third-order valence-corrected chi connectivity index (χ3v) is 2.55. The van der Waals surface area contributed by atoms with Gasteiger partial charge in [-0.25, -0.2) is 4.79 Å². The van der Waals surface area contributed by atoms with Gasteiger partial charge in [0.2, 0.25) is 0 Å². The summed E-state index contributed by atoms with van der Waals surface area (Å²) in [5.41, 5.74) is 0. The Bertz CT molecular complexity index is 175. The fraction of sp³-hybridized carbons (Fsp3) is 0.769. The van der Waals surface area contributed by atoms with Gasteiger partial charge in [0.05, 0.1) is 6.61 Å². The molecule has 1 atom stereocenters. The van der Waals surface area contributed by atoms with Crippen molar-refractivity contribution in [2.24, 2.45) is 5.92 Å². The molecule has 0 heterocycles. The molecule has 0 saturated heterocycles. The minimum atomic E-state index is -0.311. The van der Waals surface area contributed by atoms with E-state index in [1.807, 2.05) is 0 Å². The lowest BCUT2D eigenvalue weighted by Gasteiger charge is -2.09. The van der Waals surface area contributed by atoms with E-state index in [0.29, 0.717) is 6.61 Å². The first-order valence-electron chi connectivity index (χ1n) is 5.99. The van der Waals surface area contributed by atoms with Gasteiger partial charge in [-0.2, -0.15) is 0 Å². The molecule has 15 heavy (non-hydrogen) atoms. The van der Waals surface area contributed by atoms with Crippen LogP contribution in [0.5, 0.6) is 0 Å². The van der Waals surface area contributed by atoms with Crippen LogP contribution in [0, 0.1) is 5.92 Å². The molecule has 0 rings (SSSR count). The minimum absolute atomic E-state index is 0.311. The highest BCUT2D eigenvalue weighted by Crippen LogP contribution is 2.14. The topological polar surface area (TPSA) is 26.3 Å². The first-order valence-corrected chi connectivity index (χ1v) is 5.99. The van der Waals surface area contributed by atoms with Gasteiger partial charge in [-0.3, -0.25) is 0 Å². The van der Waals surface area contributed by atoms with Gasteiger partial charge in [0, 0.05) is 6.08 Å². The quantitative estimate of drug-likeness (QED) is 0.331. The number of unbranched alkanes of at least 4 members (excludes halogenated alkanes) is 2. The largest absolute Gasteiger partial charge is 0.463 e. The predicted molar refractivity (Wildman–Crippen MR) is 63.7 cm³/mol. The third-order valence-electron chi connectivity index (χ3n) is 2.55. The molecule has 2 heteroatoms. The zero-order valence-corrected chi connectivity index (χ0v) is 10.1. The second-order valence-electron chi connectivity index (χ2n) is 4.11. The van der Waals surface area contributed by atoms with Crippen LogP contribution in [0.15, 0.2) is 12.7 Å². The van der Waals surface area contributed by atoms with Crippen molar-refractivity contribution in [3.8, 4) is 0 Å². The van der Waals surface area contributed by atoms with Crippen LogP contribution in [0.3, 0.4) is 0 Å². The molecule has 0 bridgehead atoms. The van der Waals surface area contributed by atoms with Crippen LogP contribution in [0.1, 0.15) is 52.4 Å². The molecule has 0 aromatic carbocycles. The van der Waals surface area contributed by atoms with Crippen molar-refractivity contribution in [3.63, 3.8) is 0 Å². The summed E-state index contributed by atoms with van der Waals surface area (Å²) >= 11 is 0. The molecule has 0 saturated carbocycles. The zero-order chi connectivity index (χ0) is 11.5. The molecule has 0 fully saturated rings. The highest BCUT2D eigenvalue weighted by molar-refractivity contribution is 5.81. The molecule has 0 aliphatic heterocycles. The molecule has 0 aromatic heterocycles. The first-order chi connectivity index (χ1) is 7.20. The Morgan fingerprint density at radius 1 is 1.33 bits per heavy atom. The van der Waals surface area contributed by atoms with Gasteiger partial charge in [-0.15, -0.1) is 0 Å². The lowest BCUT2D eigenvalue weighted by molar-refractivity contribution is -0.137. The molecule has 88 valence electrons. The highest BCUT2D eigenvalue weighted by atomic mass is 16.5. The lowest BCUT2D eigenvalue weighted by Crippen LogP contribution is -2.02. The van der Waals surface area contributed by atoms with Crippen LogP contribution >= 0.6 is 0 Å². The van der Waals surface area contributed by atoms with Crippen LogP contribution in [0.2, 0.25) is 0 Å². The van der Waals surface area contributed by atoms with Crippen LogP contribution in [0.4, 0.5) is 0 Å². The molecule has 0 spiro atoms. The smallest absolute Gasteiger partial charge is 0.330 e. The van der Waals surface area contributed by atoms with Crippen molar-refractivity contribution in [1.29, 1.82) is 0 Å². The predicted octanol–water partition coefficient (Wildman–Crippen LogP) is 3.71. The Morgan fingerprint density at radius 3 is 2.60 bits per heavy atom. The number of rotatable bonds is 9. The van der Waals surface area contributed by atoms with Crippen LogP contribution in [-0.4, -0.2) is 12.6 Å². The molecule has 0 aromatic rings. The van der Waals surface area contributed by atoms with E-state index in [1.54, 1.807) is 0 Å². The third kappa shape index (κ3) is 9.51. The summed E-state index contributed by atoms with van der Waals surface area (Å²) in [5.74, 6) is 0.495. The van der Waals surface area contributed by atoms with E-state index in [-0.39, 0.29) is 5.97 Å². The van der Waals surface area contributed by atoms with Gasteiger partial charge in [0.25, 0.3) is 0 Å². The Morgan fingerprint density at radius 2 is 2.00 bits per heavy atom. The zero-order valence-electron chi connectivity index (χ0n) is 10.1. The maximum atomic E-state index is 10.7. The van der Waals surface area contributed by atoms with Crippen LogP contribution < -0.4 is 0 Å². The SMILES string of the molecule is C=CC(=O)OCCCCC(C)CCCC. The van der Waals surface area contributed by atoms with Crippen LogP contribution in [-0.2, 0) is 9.53 Å². The van der Waals surface area contributed by atoms with Crippen molar-refractivity contribution < 1.29 is 9.53 Å². The Labute approximate surface area is 93.7 Å². The molecule has 0 amide bonds. The van der Waals surface area contributed by atoms with E-state index in [1.165, 1.54) is 31.8 Å². The van der Waals surface area contributed by atoms with Gasteiger partial charge in [0.15, 0.2) is 0 Å². The Balaban J connectivity index is 3.22. The number of ether oxygens (including phenoxy) is 1. The normalized spacial score (nSPS) is 12.1. The fourth-order valence-electron chi connectivity index (χ4n) is 1.52. The number of carbonyl (C=O) groups is 1. The summed E-state index contributed by atoms with van der Waals surface area (Å²) in [6.45, 7) is 8.40. The standard InChI is InChI=1S/C13H24O2/c1-4-6-9-12(3)10-7-8-11-15-13(14)5-2/h5,12H,2,4,6-11H2,1,3H3. The van der Waals surface area contributed by atoms with Crippen LogP contribution in [0.25, 0.3) is 0 Å². The number of hydrogen-bond acceptors (Lipinski definition) is 2. The van der Waals surface area contributed by atoms with Gasteiger partial charge in [0.1, 0.15) is 0 Å². The maximum Gasteiger partial charge on any atom is 0.330 e. The van der Waals surface area contributed by atoms with E-state index in [0.717, 1.165) is 18.8 Å². The van der Waals surface area contributed by atoms with Crippen molar-refractivity contribution in [2.45, 2.75) is 52.4 Å². The van der Waals surface area contributed by atoms with Gasteiger partial charge >= 0.3 is 5.97 Å². The second-order valence-corrected chi connectivity index (χ2v) is 4.11. The van der Waals surface area contributed by atoms with E-state index < -0.39 is 0 Å². The first kappa shape index (κ1) is 14.2. The number of carbonyl (C=O) groups excluding carboxylic acids is 1. The molecule has 1 unspecified atom stereocenters. The van der Waals surface area contributed by atoms with E-state index in [9.17, 15) is 4.79 Å². The second kappa shape index (κ2) is 9.75. The Kier molecular flexibility index (Phi) is 9.24. The molecule has 2 nitrogen and oxygen atoms in total. The molecular weight excluding hydrogens is 188 g/mol. The monoisotopic (exact) mass is 212 g/mol. The molecule has 0 N–H and O–H groups in total. The summed E-state index contributed by atoms with van der Waals surface area (Å²) in [7, 11) is 0. The summed E-state index contributed by atoms with van der Waals surface area (Å²) in [6.07, 6.45) is 8.50. The van der Waals surface area contributed by atoms with E-state index in [2.05, 4.69) is 20.4 Å². The van der Waals surface area contributed by atoms with Crippen molar-refractivity contribution in [2.75, 3.05) is 6.61 Å². The maximum absolute atomic E-state index is 10.7. The fourth-order valence-corrected chi connectivity index (χ4v) is 1.52. The van der Waals surface area contributed by atoms with Crippen molar-refractivity contribution in [1.82, 2.24) is 0 Å². The molecule has 0 radical (unpaired) electrons.